The Morgan fingerprint density at radius 2 is 2.09 bits per heavy atom. The van der Waals surface area contributed by atoms with E-state index in [-0.39, 0.29) is 0 Å². The second-order valence-electron chi connectivity index (χ2n) is 1.14. The summed E-state index contributed by atoms with van der Waals surface area (Å²) in [5, 5.41) is 0. The monoisotopic (exact) mass is 272 g/mol. The maximum Gasteiger partial charge on any atom is 0.290 e. The SMILES string of the molecule is COC(Cl)(Cl)SSSC(=O)Cl. The lowest BCUT2D eigenvalue weighted by Gasteiger charge is -2.13. The second-order valence-corrected chi connectivity index (χ2v) is 7.46. The molecule has 0 aliphatic carbocycles. The molecule has 0 aromatic rings. The summed E-state index contributed by atoms with van der Waals surface area (Å²) >= 11 is 16.1. The molecule has 0 spiro atoms. The van der Waals surface area contributed by atoms with Crippen LogP contribution < -0.4 is 0 Å². The maximum atomic E-state index is 10.2. The number of halogens is 3. The van der Waals surface area contributed by atoms with Crippen LogP contribution in [0.1, 0.15) is 0 Å². The van der Waals surface area contributed by atoms with E-state index in [9.17, 15) is 4.79 Å². The Labute approximate surface area is 90.8 Å². The van der Waals surface area contributed by atoms with Crippen molar-refractivity contribution in [3.8, 4) is 0 Å². The van der Waals surface area contributed by atoms with E-state index in [0.29, 0.717) is 0 Å². The van der Waals surface area contributed by atoms with Crippen molar-refractivity contribution in [1.29, 1.82) is 0 Å². The average molecular weight is 274 g/mol. The molecule has 0 aliphatic rings. The van der Waals surface area contributed by atoms with Crippen LogP contribution >= 0.6 is 66.2 Å². The second kappa shape index (κ2) is 6.07. The van der Waals surface area contributed by atoms with E-state index in [0.717, 1.165) is 31.4 Å². The molecule has 0 radical (unpaired) electrons. The number of methoxy groups -OCH3 is 1. The fourth-order valence-electron chi connectivity index (χ4n) is 0.117. The molecule has 2 nitrogen and oxygen atoms in total. The van der Waals surface area contributed by atoms with Crippen molar-refractivity contribution in [2.24, 2.45) is 0 Å². The third-order valence-electron chi connectivity index (χ3n) is 0.468. The van der Waals surface area contributed by atoms with Gasteiger partial charge in [-0.3, -0.25) is 4.79 Å². The molecule has 0 unspecified atom stereocenters. The summed E-state index contributed by atoms with van der Waals surface area (Å²) in [7, 11) is 4.24. The van der Waals surface area contributed by atoms with Gasteiger partial charge in [0.2, 0.25) is 0 Å². The highest BCUT2D eigenvalue weighted by atomic mass is 35.5. The zero-order valence-corrected chi connectivity index (χ0v) is 9.89. The summed E-state index contributed by atoms with van der Waals surface area (Å²) in [4.78, 5) is 10.2. The molecule has 0 rings (SSSR count). The predicted octanol–water partition coefficient (Wildman–Crippen LogP) is 4.11. The maximum absolute atomic E-state index is 10.2. The number of ether oxygens (including phenoxy) is 1. The largest absolute Gasteiger partial charge is 0.341 e. The van der Waals surface area contributed by atoms with Crippen LogP contribution in [0.15, 0.2) is 0 Å². The molecule has 11 heavy (non-hydrogen) atoms. The van der Waals surface area contributed by atoms with Crippen molar-refractivity contribution in [2.45, 2.75) is 3.85 Å². The predicted molar refractivity (Wildman–Crippen MR) is 55.5 cm³/mol. The van der Waals surface area contributed by atoms with E-state index in [2.05, 4.69) is 4.74 Å². The zero-order valence-electron chi connectivity index (χ0n) is 5.18. The minimum Gasteiger partial charge on any atom is -0.341 e. The van der Waals surface area contributed by atoms with E-state index >= 15 is 0 Å². The van der Waals surface area contributed by atoms with Gasteiger partial charge in [0.25, 0.3) is 8.43 Å². The lowest BCUT2D eigenvalue weighted by Crippen LogP contribution is -2.06. The Morgan fingerprint density at radius 1 is 1.55 bits per heavy atom. The van der Waals surface area contributed by atoms with Crippen molar-refractivity contribution >= 4 is 70.8 Å². The van der Waals surface area contributed by atoms with Gasteiger partial charge in [0, 0.05) is 17.9 Å². The Balaban J connectivity index is 3.45. The van der Waals surface area contributed by atoms with Crippen LogP contribution in [0.4, 0.5) is 4.79 Å². The van der Waals surface area contributed by atoms with Crippen molar-refractivity contribution in [3.05, 3.63) is 0 Å². The zero-order chi connectivity index (χ0) is 8.91. The molecule has 0 N–H and O–H groups in total. The topological polar surface area (TPSA) is 26.3 Å². The van der Waals surface area contributed by atoms with Gasteiger partial charge in [-0.15, -0.1) is 0 Å². The summed E-state index contributed by atoms with van der Waals surface area (Å²) in [5.74, 6) is 0. The van der Waals surface area contributed by atoms with Gasteiger partial charge >= 0.3 is 0 Å². The van der Waals surface area contributed by atoms with Gasteiger partial charge in [-0.2, -0.15) is 0 Å². The molecule has 0 saturated heterocycles. The molecule has 0 fully saturated rings. The number of rotatable bonds is 4. The molecule has 0 aliphatic heterocycles. The van der Waals surface area contributed by atoms with Crippen LogP contribution in [-0.4, -0.2) is 15.5 Å². The highest BCUT2D eigenvalue weighted by Crippen LogP contribution is 2.49. The lowest BCUT2D eigenvalue weighted by atomic mass is 11.5. The highest BCUT2D eigenvalue weighted by Gasteiger charge is 2.24. The summed E-state index contributed by atoms with van der Waals surface area (Å²) in [5.41, 5.74) is 0. The van der Waals surface area contributed by atoms with E-state index in [4.69, 9.17) is 34.8 Å². The smallest absolute Gasteiger partial charge is 0.290 e. The van der Waals surface area contributed by atoms with Crippen LogP contribution in [-0.2, 0) is 4.74 Å². The lowest BCUT2D eigenvalue weighted by molar-refractivity contribution is 0.203. The molecule has 0 aromatic heterocycles. The average Bonchev–Trinajstić information content (AvgIpc) is 1.87. The van der Waals surface area contributed by atoms with Gasteiger partial charge in [0.15, 0.2) is 0 Å². The molecular formula is C3H3Cl3O2S3. The van der Waals surface area contributed by atoms with Crippen LogP contribution in [0.5, 0.6) is 0 Å². The third kappa shape index (κ3) is 7.90. The fourth-order valence-corrected chi connectivity index (χ4v) is 4.64. The molecule has 0 amide bonds. The number of carbonyl (C=O) groups is 1. The Bertz CT molecular complexity index is 142. The third-order valence-corrected chi connectivity index (χ3v) is 5.71. The minimum atomic E-state index is -1.33. The molecule has 0 heterocycles. The van der Waals surface area contributed by atoms with Gasteiger partial charge in [0.1, 0.15) is 0 Å². The Hall–Kier alpha value is 1.55. The first-order valence-electron chi connectivity index (χ1n) is 2.13. The van der Waals surface area contributed by atoms with E-state index in [1.807, 2.05) is 0 Å². The molecule has 0 aromatic carbocycles. The van der Waals surface area contributed by atoms with Gasteiger partial charge < -0.3 is 4.74 Å². The Morgan fingerprint density at radius 3 is 2.45 bits per heavy atom. The standard InChI is InChI=1S/C3H3Cl3O2S3/c1-8-3(5,6)10-11-9-2(4)7/h1H3. The van der Waals surface area contributed by atoms with E-state index < -0.39 is 8.43 Å². The molecule has 0 saturated carbocycles. The fraction of sp³-hybridized carbons (Fsp3) is 0.667. The van der Waals surface area contributed by atoms with Gasteiger partial charge in [0.05, 0.1) is 0 Å². The summed E-state index contributed by atoms with van der Waals surface area (Å²) < 4.78 is 2.77. The number of carbonyl (C=O) groups excluding carboxylic acids is 1. The first kappa shape index (κ1) is 12.6. The van der Waals surface area contributed by atoms with E-state index in [1.165, 1.54) is 7.11 Å². The Kier molecular flexibility index (Phi) is 6.93. The number of hydrogen-bond donors (Lipinski definition) is 0. The first-order valence-corrected chi connectivity index (χ1v) is 6.74. The number of alkyl halides is 2. The summed E-state index contributed by atoms with van der Waals surface area (Å²) in [6.07, 6.45) is 0. The van der Waals surface area contributed by atoms with E-state index in [1.54, 1.807) is 0 Å². The van der Waals surface area contributed by atoms with Crippen LogP contribution in [0.25, 0.3) is 0 Å². The molecule has 0 bridgehead atoms. The minimum absolute atomic E-state index is 0.525. The van der Waals surface area contributed by atoms with Crippen LogP contribution in [0.3, 0.4) is 0 Å². The molecule has 8 heteroatoms. The molecule has 0 atom stereocenters. The highest BCUT2D eigenvalue weighted by molar-refractivity contribution is 9.12. The summed E-state index contributed by atoms with van der Waals surface area (Å²) in [6.45, 7) is 0. The van der Waals surface area contributed by atoms with Crippen molar-refractivity contribution in [1.82, 2.24) is 0 Å². The molecule has 66 valence electrons. The van der Waals surface area contributed by atoms with Crippen molar-refractivity contribution in [3.63, 3.8) is 0 Å². The normalized spacial score (nSPS) is 11.6. The van der Waals surface area contributed by atoms with Gasteiger partial charge in [-0.25, -0.2) is 0 Å². The summed E-state index contributed by atoms with van der Waals surface area (Å²) in [6, 6.07) is 0. The van der Waals surface area contributed by atoms with Crippen molar-refractivity contribution < 1.29 is 9.53 Å². The van der Waals surface area contributed by atoms with Crippen LogP contribution in [0, 0.1) is 0 Å². The quantitative estimate of drug-likeness (QED) is 0.332. The van der Waals surface area contributed by atoms with Gasteiger partial charge in [-0.05, 0) is 32.2 Å². The molecular weight excluding hydrogens is 271 g/mol. The van der Waals surface area contributed by atoms with Crippen molar-refractivity contribution in [2.75, 3.05) is 7.11 Å². The van der Waals surface area contributed by atoms with Gasteiger partial charge in [-0.1, -0.05) is 23.2 Å². The number of hydrogen-bond acceptors (Lipinski definition) is 5. The first-order chi connectivity index (χ1) is 4.98. The van der Waals surface area contributed by atoms with Crippen LogP contribution in [0.2, 0.25) is 0 Å².